The number of rotatable bonds is 2. The summed E-state index contributed by atoms with van der Waals surface area (Å²) >= 11 is 0. The second-order valence-electron chi connectivity index (χ2n) is 5.16. The van der Waals surface area contributed by atoms with Crippen LogP contribution in [-0.2, 0) is 25.6 Å². The Hall–Kier alpha value is -1.89. The zero-order valence-corrected chi connectivity index (χ0v) is 11.3. The van der Waals surface area contributed by atoms with Crippen LogP contribution in [0.4, 0.5) is 13.2 Å². The van der Waals surface area contributed by atoms with Gasteiger partial charge in [-0.2, -0.15) is 18.3 Å². The lowest BCUT2D eigenvalue weighted by molar-refractivity contribution is -0.137. The molecule has 21 heavy (non-hydrogen) atoms. The van der Waals surface area contributed by atoms with Crippen LogP contribution in [0.2, 0.25) is 0 Å². The first-order valence-electron chi connectivity index (χ1n) is 6.83. The molecule has 2 aromatic rings. The summed E-state index contributed by atoms with van der Waals surface area (Å²) in [5.74, 6) is 0.397. The third kappa shape index (κ3) is 2.65. The number of halogens is 3. The van der Waals surface area contributed by atoms with E-state index in [0.717, 1.165) is 49.3 Å². The van der Waals surface area contributed by atoms with E-state index in [-0.39, 0.29) is 6.54 Å². The van der Waals surface area contributed by atoms with Crippen molar-refractivity contribution in [3.05, 3.63) is 40.8 Å². The number of hydrogen-bond acceptors (Lipinski definition) is 3. The molecule has 0 bridgehead atoms. The summed E-state index contributed by atoms with van der Waals surface area (Å²) in [5, 5.41) is 3.79. The molecular formula is C14H15F3N4. The van der Waals surface area contributed by atoms with Crippen LogP contribution in [0.1, 0.15) is 35.2 Å². The Kier molecular flexibility index (Phi) is 3.44. The molecule has 0 atom stereocenters. The minimum atomic E-state index is -4.41. The fourth-order valence-electron chi connectivity index (χ4n) is 2.60. The molecule has 2 aromatic heterocycles. The van der Waals surface area contributed by atoms with Crippen LogP contribution in [0.5, 0.6) is 0 Å². The van der Waals surface area contributed by atoms with E-state index >= 15 is 0 Å². The lowest BCUT2D eigenvalue weighted by Crippen LogP contribution is -2.14. The lowest BCUT2D eigenvalue weighted by Gasteiger charge is -2.18. The number of nitrogens with two attached hydrogens (primary N) is 1. The highest BCUT2D eigenvalue weighted by Crippen LogP contribution is 2.30. The molecule has 2 N–H and O–H groups in total. The Morgan fingerprint density at radius 1 is 1.24 bits per heavy atom. The minimum absolute atomic E-state index is 0.219. The Morgan fingerprint density at radius 3 is 2.67 bits per heavy atom. The van der Waals surface area contributed by atoms with Crippen molar-refractivity contribution in [1.82, 2.24) is 14.8 Å². The topological polar surface area (TPSA) is 56.7 Å². The monoisotopic (exact) mass is 296 g/mol. The number of aromatic nitrogens is 3. The summed E-state index contributed by atoms with van der Waals surface area (Å²) in [5.41, 5.74) is 7.73. The van der Waals surface area contributed by atoms with Crippen molar-refractivity contribution < 1.29 is 13.2 Å². The molecule has 7 heteroatoms. The SMILES string of the molecule is NCc1cc2c(nc1-n1cc(C(F)(F)F)cn1)CCCC2. The zero-order valence-electron chi connectivity index (χ0n) is 11.3. The molecule has 0 radical (unpaired) electrons. The maximum absolute atomic E-state index is 12.7. The van der Waals surface area contributed by atoms with Crippen molar-refractivity contribution in [2.75, 3.05) is 0 Å². The zero-order chi connectivity index (χ0) is 15.0. The fraction of sp³-hybridized carbons (Fsp3) is 0.429. The van der Waals surface area contributed by atoms with Gasteiger partial charge in [-0.25, -0.2) is 9.67 Å². The average molecular weight is 296 g/mol. The molecule has 0 fully saturated rings. The van der Waals surface area contributed by atoms with Crippen LogP contribution in [0, 0.1) is 0 Å². The van der Waals surface area contributed by atoms with E-state index in [2.05, 4.69) is 10.1 Å². The molecule has 2 heterocycles. The highest BCUT2D eigenvalue weighted by Gasteiger charge is 2.32. The number of aryl methyl sites for hydroxylation is 2. The van der Waals surface area contributed by atoms with Crippen LogP contribution in [0.3, 0.4) is 0 Å². The first-order chi connectivity index (χ1) is 9.99. The predicted octanol–water partition coefficient (Wildman–Crippen LogP) is 2.62. The van der Waals surface area contributed by atoms with Gasteiger partial charge in [-0.05, 0) is 37.3 Å². The van der Waals surface area contributed by atoms with Gasteiger partial charge >= 0.3 is 6.18 Å². The summed E-state index contributed by atoms with van der Waals surface area (Å²) in [7, 11) is 0. The van der Waals surface area contributed by atoms with E-state index in [1.165, 1.54) is 4.68 Å². The van der Waals surface area contributed by atoms with Crippen LogP contribution in [-0.4, -0.2) is 14.8 Å². The van der Waals surface area contributed by atoms with E-state index in [9.17, 15) is 13.2 Å². The van der Waals surface area contributed by atoms with Gasteiger partial charge in [0.2, 0.25) is 0 Å². The van der Waals surface area contributed by atoms with Gasteiger partial charge in [-0.15, -0.1) is 0 Å². The second-order valence-corrected chi connectivity index (χ2v) is 5.16. The number of nitrogens with zero attached hydrogens (tertiary/aromatic N) is 3. The molecule has 0 amide bonds. The molecule has 112 valence electrons. The normalized spacial score (nSPS) is 15.0. The number of alkyl halides is 3. The molecular weight excluding hydrogens is 281 g/mol. The third-order valence-electron chi connectivity index (χ3n) is 3.70. The predicted molar refractivity (Wildman–Crippen MR) is 70.9 cm³/mol. The molecule has 1 aliphatic carbocycles. The van der Waals surface area contributed by atoms with Crippen molar-refractivity contribution in [2.24, 2.45) is 5.73 Å². The number of fused-ring (bicyclic) bond motifs is 1. The Bertz CT molecular complexity index is 661. The van der Waals surface area contributed by atoms with Crippen molar-refractivity contribution in [2.45, 2.75) is 38.4 Å². The maximum Gasteiger partial charge on any atom is 0.419 e. The number of pyridine rings is 1. The van der Waals surface area contributed by atoms with Crippen molar-refractivity contribution in [1.29, 1.82) is 0 Å². The lowest BCUT2D eigenvalue weighted by atomic mass is 9.95. The average Bonchev–Trinajstić information content (AvgIpc) is 2.95. The summed E-state index contributed by atoms with van der Waals surface area (Å²) in [6, 6.07) is 1.95. The molecule has 4 nitrogen and oxygen atoms in total. The van der Waals surface area contributed by atoms with E-state index in [0.29, 0.717) is 11.4 Å². The van der Waals surface area contributed by atoms with Gasteiger partial charge in [-0.1, -0.05) is 0 Å². The molecule has 0 aliphatic heterocycles. The molecule has 3 rings (SSSR count). The van der Waals surface area contributed by atoms with Crippen molar-refractivity contribution in [3.8, 4) is 5.82 Å². The van der Waals surface area contributed by atoms with E-state index in [1.807, 2.05) is 6.07 Å². The summed E-state index contributed by atoms with van der Waals surface area (Å²) in [6.45, 7) is 0.219. The second kappa shape index (κ2) is 5.14. The smallest absolute Gasteiger partial charge is 0.326 e. The summed E-state index contributed by atoms with van der Waals surface area (Å²) < 4.78 is 39.2. The minimum Gasteiger partial charge on any atom is -0.326 e. The van der Waals surface area contributed by atoms with E-state index in [1.54, 1.807) is 0 Å². The van der Waals surface area contributed by atoms with Gasteiger partial charge in [0, 0.05) is 24.0 Å². The van der Waals surface area contributed by atoms with Crippen molar-refractivity contribution in [3.63, 3.8) is 0 Å². The fourth-order valence-corrected chi connectivity index (χ4v) is 2.60. The van der Waals surface area contributed by atoms with E-state index in [4.69, 9.17) is 5.73 Å². The summed E-state index contributed by atoms with van der Waals surface area (Å²) in [6.07, 6.45) is 1.31. The quantitative estimate of drug-likeness (QED) is 0.927. The molecule has 0 saturated heterocycles. The molecule has 1 aliphatic rings. The largest absolute Gasteiger partial charge is 0.419 e. The third-order valence-corrected chi connectivity index (χ3v) is 3.70. The van der Waals surface area contributed by atoms with Gasteiger partial charge in [0.15, 0.2) is 5.82 Å². The van der Waals surface area contributed by atoms with Gasteiger partial charge < -0.3 is 5.73 Å². The van der Waals surface area contributed by atoms with Crippen LogP contribution in [0.25, 0.3) is 5.82 Å². The van der Waals surface area contributed by atoms with Gasteiger partial charge in [0.1, 0.15) is 0 Å². The highest BCUT2D eigenvalue weighted by atomic mass is 19.4. The Labute approximate surface area is 119 Å². The molecule has 0 saturated carbocycles. The van der Waals surface area contributed by atoms with E-state index < -0.39 is 11.7 Å². The standard InChI is InChI=1S/C14H15F3N4/c15-14(16,17)11-7-19-21(8-11)13-10(6-18)5-9-3-1-2-4-12(9)20-13/h5,7-8H,1-4,6,18H2. The van der Waals surface area contributed by atoms with Gasteiger partial charge in [0.25, 0.3) is 0 Å². The molecule has 0 spiro atoms. The molecule has 0 unspecified atom stereocenters. The van der Waals surface area contributed by atoms with Gasteiger partial charge in [0.05, 0.1) is 11.8 Å². The highest BCUT2D eigenvalue weighted by molar-refractivity contribution is 5.40. The Balaban J connectivity index is 2.06. The Morgan fingerprint density at radius 2 is 2.00 bits per heavy atom. The van der Waals surface area contributed by atoms with Crippen molar-refractivity contribution >= 4 is 0 Å². The summed E-state index contributed by atoms with van der Waals surface area (Å²) in [4.78, 5) is 4.50. The van der Waals surface area contributed by atoms with Crippen LogP contribution in [0.15, 0.2) is 18.5 Å². The molecule has 0 aromatic carbocycles. The first kappa shape index (κ1) is 14.1. The first-order valence-corrected chi connectivity index (χ1v) is 6.83. The number of hydrogen-bond donors (Lipinski definition) is 1. The maximum atomic E-state index is 12.7. The van der Waals surface area contributed by atoms with Gasteiger partial charge in [-0.3, -0.25) is 0 Å². The van der Waals surface area contributed by atoms with Crippen LogP contribution >= 0.6 is 0 Å². The van der Waals surface area contributed by atoms with Crippen LogP contribution < -0.4 is 5.73 Å².